The van der Waals surface area contributed by atoms with Crippen LogP contribution in [-0.4, -0.2) is 29.2 Å². The Labute approximate surface area is 161 Å². The predicted octanol–water partition coefficient (Wildman–Crippen LogP) is 3.75. The average Bonchev–Trinajstić information content (AvgIpc) is 2.74. The maximum absolute atomic E-state index is 12.8. The number of pyridine rings is 1. The van der Waals surface area contributed by atoms with Crippen molar-refractivity contribution in [2.75, 3.05) is 19.5 Å². The molecule has 2 aromatic heterocycles. The van der Waals surface area contributed by atoms with Crippen LogP contribution in [-0.2, 0) is 0 Å². The van der Waals surface area contributed by atoms with Gasteiger partial charge in [-0.25, -0.2) is 4.98 Å². The molecule has 0 fully saturated rings. The zero-order valence-corrected chi connectivity index (χ0v) is 15.4. The lowest BCUT2D eigenvalue weighted by Gasteiger charge is -2.10. The zero-order chi connectivity index (χ0) is 19.5. The number of hydrogen-bond acceptors (Lipinski definition) is 6. The van der Waals surface area contributed by atoms with Gasteiger partial charge >= 0.3 is 0 Å². The summed E-state index contributed by atoms with van der Waals surface area (Å²) in [6.07, 6.45) is 1.64. The number of H-pyrrole nitrogens is 1. The van der Waals surface area contributed by atoms with Gasteiger partial charge in [0.2, 0.25) is 5.95 Å². The molecule has 0 atom stereocenters. The minimum atomic E-state index is -0.271. The predicted molar refractivity (Wildman–Crippen MR) is 108 cm³/mol. The maximum Gasteiger partial charge on any atom is 0.262 e. The summed E-state index contributed by atoms with van der Waals surface area (Å²) in [5, 5.41) is 3.51. The topological polar surface area (TPSA) is 89.1 Å². The molecule has 140 valence electrons. The first-order valence-electron chi connectivity index (χ1n) is 8.62. The van der Waals surface area contributed by atoms with E-state index in [4.69, 9.17) is 9.47 Å². The van der Waals surface area contributed by atoms with Gasteiger partial charge in [-0.1, -0.05) is 12.1 Å². The number of methoxy groups -OCH3 is 2. The first-order valence-corrected chi connectivity index (χ1v) is 8.62. The summed E-state index contributed by atoms with van der Waals surface area (Å²) in [6.45, 7) is 0. The molecule has 7 heteroatoms. The first kappa shape index (κ1) is 17.5. The minimum absolute atomic E-state index is 0.271. The fraction of sp³-hybridized carbons (Fsp3) is 0.0952. The van der Waals surface area contributed by atoms with Crippen molar-refractivity contribution in [3.8, 4) is 22.6 Å². The number of ether oxygens (including phenoxy) is 2. The monoisotopic (exact) mass is 374 g/mol. The first-order chi connectivity index (χ1) is 13.7. The van der Waals surface area contributed by atoms with Crippen molar-refractivity contribution in [2.45, 2.75) is 0 Å². The summed E-state index contributed by atoms with van der Waals surface area (Å²) in [5.41, 5.74) is 2.46. The second-order valence-corrected chi connectivity index (χ2v) is 6.06. The smallest absolute Gasteiger partial charge is 0.262 e. The molecule has 0 aliphatic heterocycles. The van der Waals surface area contributed by atoms with Gasteiger partial charge in [-0.05, 0) is 53.6 Å². The van der Waals surface area contributed by atoms with Gasteiger partial charge in [-0.3, -0.25) is 9.78 Å². The van der Waals surface area contributed by atoms with E-state index in [-0.39, 0.29) is 5.56 Å². The summed E-state index contributed by atoms with van der Waals surface area (Å²) in [7, 11) is 3.21. The number of anilines is 2. The Morgan fingerprint density at radius 1 is 0.964 bits per heavy atom. The van der Waals surface area contributed by atoms with Gasteiger partial charge in [0.1, 0.15) is 11.5 Å². The highest BCUT2D eigenvalue weighted by atomic mass is 16.5. The molecule has 2 aromatic carbocycles. The van der Waals surface area contributed by atoms with E-state index in [1.165, 1.54) is 0 Å². The van der Waals surface area contributed by atoms with E-state index in [0.29, 0.717) is 22.7 Å². The Hall–Kier alpha value is -3.87. The quantitative estimate of drug-likeness (QED) is 0.553. The van der Waals surface area contributed by atoms with Crippen LogP contribution in [0.1, 0.15) is 0 Å². The van der Waals surface area contributed by atoms with Gasteiger partial charge in [0.05, 0.1) is 19.6 Å². The molecule has 0 spiro atoms. The number of nitrogens with one attached hydrogen (secondary N) is 2. The average molecular weight is 374 g/mol. The molecule has 0 aliphatic carbocycles. The van der Waals surface area contributed by atoms with Crippen molar-refractivity contribution < 1.29 is 9.47 Å². The van der Waals surface area contributed by atoms with Crippen LogP contribution in [0.25, 0.3) is 22.2 Å². The molecule has 2 N–H and O–H groups in total. The number of aromatic nitrogens is 3. The highest BCUT2D eigenvalue weighted by Gasteiger charge is 2.12. The third-order valence-corrected chi connectivity index (χ3v) is 4.34. The molecule has 0 amide bonds. The number of rotatable bonds is 5. The summed E-state index contributed by atoms with van der Waals surface area (Å²) in [6, 6.07) is 16.6. The third-order valence-electron chi connectivity index (χ3n) is 4.34. The Bertz CT molecular complexity index is 1190. The Morgan fingerprint density at radius 2 is 1.75 bits per heavy atom. The Kier molecular flexibility index (Phi) is 4.63. The van der Waals surface area contributed by atoms with Crippen molar-refractivity contribution in [1.29, 1.82) is 0 Å². The molecule has 0 unspecified atom stereocenters. The van der Waals surface area contributed by atoms with Crippen LogP contribution in [0.2, 0.25) is 0 Å². The van der Waals surface area contributed by atoms with Gasteiger partial charge in [0, 0.05) is 11.9 Å². The van der Waals surface area contributed by atoms with E-state index in [1.54, 1.807) is 26.5 Å². The van der Waals surface area contributed by atoms with E-state index in [2.05, 4.69) is 20.3 Å². The number of nitrogens with zero attached hydrogens (tertiary/aromatic N) is 2. The SMILES string of the molecule is COc1ccc(Nc2nc3nccc(-c4cccc(OC)c4)c3c(=O)[nH]2)cc1. The van der Waals surface area contributed by atoms with E-state index in [0.717, 1.165) is 22.6 Å². The van der Waals surface area contributed by atoms with Crippen LogP contribution in [0.15, 0.2) is 65.6 Å². The molecule has 0 radical (unpaired) electrons. The van der Waals surface area contributed by atoms with Crippen molar-refractivity contribution in [3.63, 3.8) is 0 Å². The summed E-state index contributed by atoms with van der Waals surface area (Å²) in [4.78, 5) is 24.3. The maximum atomic E-state index is 12.8. The van der Waals surface area contributed by atoms with Crippen LogP contribution < -0.4 is 20.3 Å². The van der Waals surface area contributed by atoms with E-state index in [1.807, 2.05) is 48.5 Å². The van der Waals surface area contributed by atoms with Gasteiger partial charge in [0.25, 0.3) is 5.56 Å². The number of aromatic amines is 1. The van der Waals surface area contributed by atoms with Crippen LogP contribution in [0.4, 0.5) is 11.6 Å². The van der Waals surface area contributed by atoms with Gasteiger partial charge in [0.15, 0.2) is 5.65 Å². The minimum Gasteiger partial charge on any atom is -0.497 e. The molecule has 0 aliphatic rings. The van der Waals surface area contributed by atoms with Gasteiger partial charge in [-0.2, -0.15) is 4.98 Å². The molecule has 7 nitrogen and oxygen atoms in total. The highest BCUT2D eigenvalue weighted by Crippen LogP contribution is 2.28. The molecule has 4 rings (SSSR count). The molecule has 0 saturated carbocycles. The van der Waals surface area contributed by atoms with Crippen molar-refractivity contribution in [2.24, 2.45) is 0 Å². The van der Waals surface area contributed by atoms with Crippen LogP contribution in [0, 0.1) is 0 Å². The largest absolute Gasteiger partial charge is 0.497 e. The second-order valence-electron chi connectivity index (χ2n) is 6.06. The lowest BCUT2D eigenvalue weighted by atomic mass is 10.0. The number of hydrogen-bond donors (Lipinski definition) is 2. The van der Waals surface area contributed by atoms with E-state index < -0.39 is 0 Å². The molecular weight excluding hydrogens is 356 g/mol. The lowest BCUT2D eigenvalue weighted by molar-refractivity contribution is 0.415. The fourth-order valence-electron chi connectivity index (χ4n) is 2.96. The van der Waals surface area contributed by atoms with Crippen molar-refractivity contribution >= 4 is 22.7 Å². The third kappa shape index (κ3) is 3.37. The Morgan fingerprint density at radius 3 is 2.50 bits per heavy atom. The van der Waals surface area contributed by atoms with Gasteiger partial charge < -0.3 is 14.8 Å². The zero-order valence-electron chi connectivity index (χ0n) is 15.4. The lowest BCUT2D eigenvalue weighted by Crippen LogP contribution is -2.13. The molecular formula is C21H18N4O3. The van der Waals surface area contributed by atoms with Crippen LogP contribution in [0.3, 0.4) is 0 Å². The van der Waals surface area contributed by atoms with Crippen molar-refractivity contribution in [1.82, 2.24) is 15.0 Å². The Balaban J connectivity index is 1.76. The van der Waals surface area contributed by atoms with Crippen molar-refractivity contribution in [3.05, 3.63) is 71.1 Å². The highest BCUT2D eigenvalue weighted by molar-refractivity contribution is 5.92. The number of fused-ring (bicyclic) bond motifs is 1. The van der Waals surface area contributed by atoms with E-state index in [9.17, 15) is 4.79 Å². The van der Waals surface area contributed by atoms with Crippen LogP contribution in [0.5, 0.6) is 11.5 Å². The second kappa shape index (κ2) is 7.40. The van der Waals surface area contributed by atoms with Gasteiger partial charge in [-0.15, -0.1) is 0 Å². The summed E-state index contributed by atoms with van der Waals surface area (Å²) in [5.74, 6) is 1.78. The molecule has 0 saturated heterocycles. The normalized spacial score (nSPS) is 10.6. The molecule has 0 bridgehead atoms. The molecule has 4 aromatic rings. The van der Waals surface area contributed by atoms with E-state index >= 15 is 0 Å². The molecule has 28 heavy (non-hydrogen) atoms. The fourth-order valence-corrected chi connectivity index (χ4v) is 2.96. The van der Waals surface area contributed by atoms with Crippen LogP contribution >= 0.6 is 0 Å². The summed E-state index contributed by atoms with van der Waals surface area (Å²) < 4.78 is 10.4. The summed E-state index contributed by atoms with van der Waals surface area (Å²) >= 11 is 0. The molecule has 2 heterocycles. The number of benzene rings is 2. The standard InChI is InChI=1S/C21H18N4O3/c1-27-15-8-6-14(7-9-15)23-21-24-19-18(20(26)25-21)17(10-11-22-19)13-4-3-5-16(12-13)28-2/h3-12H,1-2H3,(H2,22,23,24,25,26).